The lowest BCUT2D eigenvalue weighted by molar-refractivity contribution is 0.229. The summed E-state index contributed by atoms with van der Waals surface area (Å²) in [6.07, 6.45) is 6.54. The van der Waals surface area contributed by atoms with Gasteiger partial charge < -0.3 is 19.7 Å². The molecule has 3 aromatic rings. The largest absolute Gasteiger partial charge is 0.493 e. The van der Waals surface area contributed by atoms with Gasteiger partial charge in [0.15, 0.2) is 17.3 Å². The van der Waals surface area contributed by atoms with Gasteiger partial charge in [0.2, 0.25) is 0 Å². The fourth-order valence-corrected chi connectivity index (χ4v) is 2.95. The third-order valence-corrected chi connectivity index (χ3v) is 4.68. The Labute approximate surface area is 150 Å². The molecule has 1 aliphatic carbocycles. The molecule has 0 atom stereocenters. The maximum absolute atomic E-state index is 6.26. The summed E-state index contributed by atoms with van der Waals surface area (Å²) < 4.78 is 18.4. The third kappa shape index (κ3) is 3.03. The van der Waals surface area contributed by atoms with Gasteiger partial charge in [-0.15, -0.1) is 0 Å². The lowest BCUT2D eigenvalue weighted by atomic mass is 9.77. The van der Waals surface area contributed by atoms with Crippen LogP contribution in [0.2, 0.25) is 0 Å². The summed E-state index contributed by atoms with van der Waals surface area (Å²) in [6.45, 7) is 0.407. The van der Waals surface area contributed by atoms with Crippen LogP contribution in [0.5, 0.6) is 11.5 Å². The molecule has 8 nitrogen and oxygen atoms in total. The Balaban J connectivity index is 1.53. The molecule has 26 heavy (non-hydrogen) atoms. The van der Waals surface area contributed by atoms with Crippen LogP contribution in [0.3, 0.4) is 0 Å². The minimum absolute atomic E-state index is 0.407. The summed E-state index contributed by atoms with van der Waals surface area (Å²) in [4.78, 5) is 4.47. The Kier molecular flexibility index (Phi) is 4.12. The molecule has 2 N–H and O–H groups in total. The van der Waals surface area contributed by atoms with E-state index in [1.165, 1.54) is 0 Å². The highest BCUT2D eigenvalue weighted by Crippen LogP contribution is 2.38. The van der Waals surface area contributed by atoms with Crippen molar-refractivity contribution in [1.29, 1.82) is 0 Å². The second kappa shape index (κ2) is 6.45. The van der Waals surface area contributed by atoms with Crippen LogP contribution >= 0.6 is 0 Å². The summed E-state index contributed by atoms with van der Waals surface area (Å²) in [5.41, 5.74) is 7.55. The highest BCUT2D eigenvalue weighted by molar-refractivity contribution is 5.59. The molecule has 2 heterocycles. The van der Waals surface area contributed by atoms with E-state index < -0.39 is 5.54 Å². The highest BCUT2D eigenvalue weighted by atomic mass is 16.5. The van der Waals surface area contributed by atoms with Gasteiger partial charge in [0.05, 0.1) is 18.8 Å². The number of hydrogen-bond acceptors (Lipinski definition) is 7. The molecule has 0 amide bonds. The molecule has 0 saturated heterocycles. The number of rotatable bonds is 6. The Bertz CT molecular complexity index is 913. The number of nitrogens with zero attached hydrogens (tertiary/aromatic N) is 4. The van der Waals surface area contributed by atoms with Crippen LogP contribution in [0, 0.1) is 0 Å². The van der Waals surface area contributed by atoms with E-state index in [-0.39, 0.29) is 0 Å². The smallest absolute Gasteiger partial charge is 0.258 e. The van der Waals surface area contributed by atoms with Gasteiger partial charge in [-0.3, -0.25) is 4.68 Å². The van der Waals surface area contributed by atoms with Crippen molar-refractivity contribution in [2.24, 2.45) is 12.8 Å². The normalized spacial score (nSPS) is 15.5. The molecular formula is C18H21N5O3. The predicted molar refractivity (Wildman–Crippen MR) is 93.5 cm³/mol. The van der Waals surface area contributed by atoms with Crippen LogP contribution in [0.15, 0.2) is 35.1 Å². The third-order valence-electron chi connectivity index (χ3n) is 4.68. The van der Waals surface area contributed by atoms with Crippen molar-refractivity contribution in [2.45, 2.75) is 31.4 Å². The quantitative estimate of drug-likeness (QED) is 0.724. The maximum atomic E-state index is 6.26. The average Bonchev–Trinajstić information content (AvgIpc) is 3.27. The van der Waals surface area contributed by atoms with Crippen LogP contribution in [0.1, 0.15) is 30.7 Å². The molecule has 2 aromatic heterocycles. The SMILES string of the molecule is COc1cc(-c2nc(C3(N)CCC3)no2)ccc1OCc1cnn(C)c1. The van der Waals surface area contributed by atoms with Crippen LogP contribution in [0.25, 0.3) is 11.5 Å². The van der Waals surface area contributed by atoms with Gasteiger partial charge in [0.1, 0.15) is 6.61 Å². The van der Waals surface area contributed by atoms with Crippen molar-refractivity contribution in [1.82, 2.24) is 19.9 Å². The molecule has 4 rings (SSSR count). The molecule has 0 bridgehead atoms. The summed E-state index contributed by atoms with van der Waals surface area (Å²) in [5.74, 6) is 2.22. The standard InChI is InChI=1S/C18H21N5O3/c1-23-10-12(9-20-23)11-25-14-5-4-13(8-15(14)24-2)16-21-17(22-26-16)18(19)6-3-7-18/h4-5,8-10H,3,6-7,11,19H2,1-2H3. The van der Waals surface area contributed by atoms with E-state index in [0.29, 0.717) is 29.8 Å². The lowest BCUT2D eigenvalue weighted by Crippen LogP contribution is -2.44. The summed E-state index contributed by atoms with van der Waals surface area (Å²) in [6, 6.07) is 5.51. The Morgan fingerprint density at radius 1 is 1.31 bits per heavy atom. The van der Waals surface area contributed by atoms with E-state index in [1.807, 2.05) is 31.4 Å². The number of methoxy groups -OCH3 is 1. The van der Waals surface area contributed by atoms with Crippen LogP contribution in [-0.4, -0.2) is 27.0 Å². The van der Waals surface area contributed by atoms with Gasteiger partial charge in [-0.2, -0.15) is 10.1 Å². The molecule has 1 fully saturated rings. The van der Waals surface area contributed by atoms with E-state index in [2.05, 4.69) is 15.2 Å². The first-order valence-electron chi connectivity index (χ1n) is 8.49. The monoisotopic (exact) mass is 355 g/mol. The van der Waals surface area contributed by atoms with Crippen LogP contribution in [-0.2, 0) is 19.2 Å². The van der Waals surface area contributed by atoms with E-state index in [9.17, 15) is 0 Å². The Morgan fingerprint density at radius 2 is 2.15 bits per heavy atom. The second-order valence-electron chi connectivity index (χ2n) is 6.61. The van der Waals surface area contributed by atoms with Crippen LogP contribution in [0.4, 0.5) is 0 Å². The number of hydrogen-bond donors (Lipinski definition) is 1. The number of benzene rings is 1. The number of aromatic nitrogens is 4. The molecule has 1 saturated carbocycles. The number of aryl methyl sites for hydroxylation is 1. The molecule has 0 radical (unpaired) electrons. The Hall–Kier alpha value is -2.87. The molecule has 136 valence electrons. The molecule has 8 heteroatoms. The lowest BCUT2D eigenvalue weighted by Gasteiger charge is -2.34. The average molecular weight is 355 g/mol. The van der Waals surface area contributed by atoms with Crippen molar-refractivity contribution in [3.63, 3.8) is 0 Å². The van der Waals surface area contributed by atoms with Crippen LogP contribution < -0.4 is 15.2 Å². The zero-order valence-corrected chi connectivity index (χ0v) is 14.8. The van der Waals surface area contributed by atoms with Gasteiger partial charge in [-0.25, -0.2) is 0 Å². The van der Waals surface area contributed by atoms with Gasteiger partial charge in [-0.1, -0.05) is 5.16 Å². The maximum Gasteiger partial charge on any atom is 0.258 e. The van der Waals surface area contributed by atoms with Crippen molar-refractivity contribution < 1.29 is 14.0 Å². The van der Waals surface area contributed by atoms with Crippen molar-refractivity contribution in [3.05, 3.63) is 42.0 Å². The molecule has 0 aliphatic heterocycles. The molecule has 0 spiro atoms. The van der Waals surface area contributed by atoms with E-state index in [0.717, 1.165) is 30.4 Å². The van der Waals surface area contributed by atoms with Gasteiger partial charge >= 0.3 is 0 Å². The van der Waals surface area contributed by atoms with Gasteiger partial charge in [-0.05, 0) is 37.5 Å². The van der Waals surface area contributed by atoms with E-state index >= 15 is 0 Å². The van der Waals surface area contributed by atoms with Gasteiger partial charge in [0.25, 0.3) is 5.89 Å². The van der Waals surface area contributed by atoms with Crippen molar-refractivity contribution in [3.8, 4) is 23.0 Å². The van der Waals surface area contributed by atoms with E-state index in [1.54, 1.807) is 18.0 Å². The van der Waals surface area contributed by atoms with Crippen molar-refractivity contribution >= 4 is 0 Å². The van der Waals surface area contributed by atoms with E-state index in [4.69, 9.17) is 19.7 Å². The first-order chi connectivity index (χ1) is 12.6. The molecule has 1 aromatic carbocycles. The predicted octanol–water partition coefficient (Wildman–Crippen LogP) is 2.40. The zero-order valence-electron chi connectivity index (χ0n) is 14.8. The molecule has 0 unspecified atom stereocenters. The zero-order chi connectivity index (χ0) is 18.1. The topological polar surface area (TPSA) is 101 Å². The number of ether oxygens (including phenoxy) is 2. The first kappa shape index (κ1) is 16.6. The minimum Gasteiger partial charge on any atom is -0.493 e. The fraction of sp³-hybridized carbons (Fsp3) is 0.389. The molecular weight excluding hydrogens is 334 g/mol. The second-order valence-corrected chi connectivity index (χ2v) is 6.61. The molecule has 1 aliphatic rings. The van der Waals surface area contributed by atoms with Crippen molar-refractivity contribution in [2.75, 3.05) is 7.11 Å². The van der Waals surface area contributed by atoms with Gasteiger partial charge in [0, 0.05) is 24.4 Å². The summed E-state index contributed by atoms with van der Waals surface area (Å²) in [5, 5.41) is 8.18. The summed E-state index contributed by atoms with van der Waals surface area (Å²) in [7, 11) is 3.46. The number of nitrogens with two attached hydrogens (primary N) is 1. The Morgan fingerprint density at radius 3 is 2.81 bits per heavy atom. The minimum atomic E-state index is -0.446. The summed E-state index contributed by atoms with van der Waals surface area (Å²) >= 11 is 0. The first-order valence-corrected chi connectivity index (χ1v) is 8.49. The fourth-order valence-electron chi connectivity index (χ4n) is 2.95. The highest BCUT2D eigenvalue weighted by Gasteiger charge is 2.39.